The highest BCUT2D eigenvalue weighted by Gasteiger charge is 2.28. The molecule has 1 heterocycles. The number of hydrogen-bond acceptors (Lipinski definition) is 4. The Morgan fingerprint density at radius 1 is 1.59 bits per heavy atom. The first-order valence-electron chi connectivity index (χ1n) is 7.02. The molecule has 1 aromatic carbocycles. The van der Waals surface area contributed by atoms with Gasteiger partial charge in [0.05, 0.1) is 19.2 Å². The monoisotopic (exact) mass is 408 g/mol. The lowest BCUT2D eigenvalue weighted by Crippen LogP contribution is -2.49. The van der Waals surface area contributed by atoms with Gasteiger partial charge in [0.1, 0.15) is 6.10 Å². The number of benzene rings is 1. The van der Waals surface area contributed by atoms with E-state index in [-0.39, 0.29) is 24.4 Å². The van der Waals surface area contributed by atoms with Crippen LogP contribution in [0.15, 0.2) is 28.7 Å². The fourth-order valence-electron chi connectivity index (χ4n) is 2.36. The first kappa shape index (κ1) is 19.8. The Labute approximate surface area is 150 Å². The van der Waals surface area contributed by atoms with Crippen molar-refractivity contribution in [3.63, 3.8) is 0 Å². The topological polar surface area (TPSA) is 55.6 Å². The molecule has 1 aliphatic heterocycles. The molecule has 0 radical (unpaired) electrons. The molecular formula is C15H22BrClN2O2S. The molecule has 4 nitrogen and oxygen atoms in total. The van der Waals surface area contributed by atoms with E-state index in [1.54, 1.807) is 11.8 Å². The summed E-state index contributed by atoms with van der Waals surface area (Å²) in [5.41, 5.74) is 7.07. The Morgan fingerprint density at radius 2 is 2.36 bits per heavy atom. The summed E-state index contributed by atoms with van der Waals surface area (Å²) in [6.07, 6.45) is 2.67. The number of carbonyl (C=O) groups is 1. The number of halogens is 2. The molecule has 0 bridgehead atoms. The molecule has 1 aliphatic rings. The molecule has 1 saturated heterocycles. The highest BCUT2D eigenvalue weighted by Crippen LogP contribution is 2.25. The van der Waals surface area contributed by atoms with Crippen molar-refractivity contribution in [2.45, 2.75) is 18.6 Å². The molecule has 1 fully saturated rings. The molecule has 2 atom stereocenters. The quantitative estimate of drug-likeness (QED) is 0.812. The highest BCUT2D eigenvalue weighted by molar-refractivity contribution is 9.10. The summed E-state index contributed by atoms with van der Waals surface area (Å²) in [4.78, 5) is 14.2. The Kier molecular flexibility index (Phi) is 8.79. The third-order valence-electron chi connectivity index (χ3n) is 3.55. The molecule has 1 amide bonds. The van der Waals surface area contributed by atoms with Crippen LogP contribution in [-0.4, -0.2) is 48.6 Å². The van der Waals surface area contributed by atoms with Gasteiger partial charge in [-0.25, -0.2) is 0 Å². The molecule has 0 aliphatic carbocycles. The number of amides is 1. The van der Waals surface area contributed by atoms with Gasteiger partial charge in [0.2, 0.25) is 5.91 Å². The van der Waals surface area contributed by atoms with Gasteiger partial charge in [-0.2, -0.15) is 11.8 Å². The number of nitrogens with two attached hydrogens (primary N) is 1. The van der Waals surface area contributed by atoms with E-state index in [2.05, 4.69) is 15.9 Å². The second-order valence-corrected chi connectivity index (χ2v) is 6.99. The normalized spacial score (nSPS) is 19.4. The second-order valence-electron chi connectivity index (χ2n) is 5.09. The molecule has 124 valence electrons. The third kappa shape index (κ3) is 5.42. The van der Waals surface area contributed by atoms with Crippen molar-refractivity contribution >= 4 is 46.0 Å². The fraction of sp³-hybridized carbons (Fsp3) is 0.533. The van der Waals surface area contributed by atoms with E-state index < -0.39 is 6.04 Å². The molecule has 2 N–H and O–H groups in total. The van der Waals surface area contributed by atoms with Gasteiger partial charge in [-0.3, -0.25) is 4.79 Å². The van der Waals surface area contributed by atoms with Gasteiger partial charge >= 0.3 is 0 Å². The minimum absolute atomic E-state index is 0. The number of carbonyl (C=O) groups excluding carboxylic acids is 1. The van der Waals surface area contributed by atoms with E-state index in [1.807, 2.05) is 35.4 Å². The van der Waals surface area contributed by atoms with Crippen LogP contribution < -0.4 is 5.73 Å². The smallest absolute Gasteiger partial charge is 0.239 e. The van der Waals surface area contributed by atoms with Gasteiger partial charge in [0.25, 0.3) is 0 Å². The zero-order valence-corrected chi connectivity index (χ0v) is 15.8. The lowest BCUT2D eigenvalue weighted by atomic mass is 10.1. The zero-order chi connectivity index (χ0) is 15.2. The first-order valence-corrected chi connectivity index (χ1v) is 9.21. The third-order valence-corrected chi connectivity index (χ3v) is 4.69. The van der Waals surface area contributed by atoms with Crippen molar-refractivity contribution in [2.75, 3.05) is 31.7 Å². The molecular weight excluding hydrogens is 388 g/mol. The minimum Gasteiger partial charge on any atom is -0.370 e. The van der Waals surface area contributed by atoms with Crippen molar-refractivity contribution in [3.8, 4) is 0 Å². The van der Waals surface area contributed by atoms with E-state index in [0.29, 0.717) is 19.7 Å². The van der Waals surface area contributed by atoms with Crippen molar-refractivity contribution < 1.29 is 9.53 Å². The van der Waals surface area contributed by atoms with E-state index in [9.17, 15) is 4.79 Å². The SMILES string of the molecule is CSCC[C@H](N)C(=O)N1CCOC(c2cccc(Br)c2)C1.Cl. The van der Waals surface area contributed by atoms with E-state index in [0.717, 1.165) is 22.2 Å². The molecule has 0 aromatic heterocycles. The van der Waals surface area contributed by atoms with Gasteiger partial charge < -0.3 is 15.4 Å². The van der Waals surface area contributed by atoms with Crippen LogP contribution >= 0.6 is 40.1 Å². The van der Waals surface area contributed by atoms with Crippen molar-refractivity contribution in [3.05, 3.63) is 34.3 Å². The number of rotatable bonds is 5. The predicted octanol–water partition coefficient (Wildman–Crippen LogP) is 2.85. The summed E-state index contributed by atoms with van der Waals surface area (Å²) < 4.78 is 6.82. The van der Waals surface area contributed by atoms with E-state index in [1.165, 1.54) is 0 Å². The van der Waals surface area contributed by atoms with Crippen LogP contribution in [0.1, 0.15) is 18.1 Å². The molecule has 1 unspecified atom stereocenters. The number of thioether (sulfide) groups is 1. The average molecular weight is 410 g/mol. The summed E-state index contributed by atoms with van der Waals surface area (Å²) in [6, 6.07) is 7.61. The minimum atomic E-state index is -0.404. The van der Waals surface area contributed by atoms with Gasteiger partial charge in [-0.05, 0) is 36.1 Å². The standard InChI is InChI=1S/C15H21BrN2O2S.ClH/c1-21-8-5-13(17)15(19)18-6-7-20-14(10-18)11-3-2-4-12(16)9-11;/h2-4,9,13-14H,5-8,10,17H2,1H3;1H/t13-,14?;/m0./s1. The second kappa shape index (κ2) is 9.78. The van der Waals surface area contributed by atoms with Crippen LogP contribution in [0.25, 0.3) is 0 Å². The Hall–Kier alpha value is -0.270. The Morgan fingerprint density at radius 3 is 3.05 bits per heavy atom. The van der Waals surface area contributed by atoms with Crippen molar-refractivity contribution in [2.24, 2.45) is 5.73 Å². The largest absolute Gasteiger partial charge is 0.370 e. The van der Waals surface area contributed by atoms with Gasteiger partial charge in [0, 0.05) is 11.0 Å². The lowest BCUT2D eigenvalue weighted by Gasteiger charge is -2.34. The molecule has 1 aromatic rings. The maximum atomic E-state index is 12.4. The van der Waals surface area contributed by atoms with Crippen molar-refractivity contribution in [1.82, 2.24) is 4.90 Å². The summed E-state index contributed by atoms with van der Waals surface area (Å²) in [5, 5.41) is 0. The summed E-state index contributed by atoms with van der Waals surface area (Å²) in [6.45, 7) is 1.75. The molecule has 0 saturated carbocycles. The van der Waals surface area contributed by atoms with E-state index in [4.69, 9.17) is 10.5 Å². The summed E-state index contributed by atoms with van der Waals surface area (Å²) in [5.74, 6) is 0.944. The molecule has 22 heavy (non-hydrogen) atoms. The maximum Gasteiger partial charge on any atom is 0.239 e. The predicted molar refractivity (Wildman–Crippen MR) is 97.6 cm³/mol. The van der Waals surface area contributed by atoms with Crippen LogP contribution in [0.3, 0.4) is 0 Å². The first-order chi connectivity index (χ1) is 10.1. The lowest BCUT2D eigenvalue weighted by molar-refractivity contribution is -0.140. The molecule has 2 rings (SSSR count). The molecule has 7 heteroatoms. The number of morpholine rings is 1. The summed E-state index contributed by atoms with van der Waals surface area (Å²) >= 11 is 5.18. The van der Waals surface area contributed by atoms with Gasteiger partial charge in [-0.15, -0.1) is 12.4 Å². The maximum absolute atomic E-state index is 12.4. The fourth-order valence-corrected chi connectivity index (χ4v) is 3.27. The zero-order valence-electron chi connectivity index (χ0n) is 12.5. The van der Waals surface area contributed by atoms with Gasteiger partial charge in [-0.1, -0.05) is 28.1 Å². The van der Waals surface area contributed by atoms with Crippen LogP contribution in [0.4, 0.5) is 0 Å². The van der Waals surface area contributed by atoms with Crippen LogP contribution in [0.2, 0.25) is 0 Å². The highest BCUT2D eigenvalue weighted by atomic mass is 79.9. The number of ether oxygens (including phenoxy) is 1. The Bertz CT molecular complexity index is 492. The molecule has 0 spiro atoms. The van der Waals surface area contributed by atoms with Crippen LogP contribution in [0.5, 0.6) is 0 Å². The van der Waals surface area contributed by atoms with Crippen LogP contribution in [0, 0.1) is 0 Å². The van der Waals surface area contributed by atoms with Gasteiger partial charge in [0.15, 0.2) is 0 Å². The van der Waals surface area contributed by atoms with Crippen LogP contribution in [-0.2, 0) is 9.53 Å². The number of nitrogens with zero attached hydrogens (tertiary/aromatic N) is 1. The van der Waals surface area contributed by atoms with E-state index >= 15 is 0 Å². The average Bonchev–Trinajstić information content (AvgIpc) is 2.52. The summed E-state index contributed by atoms with van der Waals surface area (Å²) in [7, 11) is 0. The van der Waals surface area contributed by atoms with Crippen molar-refractivity contribution in [1.29, 1.82) is 0 Å². The number of hydrogen-bond donors (Lipinski definition) is 1. The Balaban J connectivity index is 0.00000242.